The number of methoxy groups -OCH3 is 1. The Balaban J connectivity index is 1.57. The number of carbonyl (C=O) groups is 3. The number of anilines is 3. The molecule has 0 radical (unpaired) electrons. The number of ether oxygens (including phenoxy) is 3. The maximum Gasteiger partial charge on any atom is 0.352 e. The van der Waals surface area contributed by atoms with Crippen molar-refractivity contribution in [1.82, 2.24) is 4.90 Å². The number of morpholine rings is 1. The van der Waals surface area contributed by atoms with E-state index in [-0.39, 0.29) is 36.9 Å². The Morgan fingerprint density at radius 3 is 2.37 bits per heavy atom. The number of benzene rings is 2. The highest BCUT2D eigenvalue weighted by molar-refractivity contribution is 6.37. The third kappa shape index (κ3) is 5.94. The lowest BCUT2D eigenvalue weighted by Gasteiger charge is -2.53. The van der Waals surface area contributed by atoms with E-state index in [9.17, 15) is 18.8 Å². The van der Waals surface area contributed by atoms with E-state index < -0.39 is 29.3 Å². The number of esters is 1. The molecular weight excluding hydrogens is 557 g/mol. The monoisotopic (exact) mass is 595 g/mol. The summed E-state index contributed by atoms with van der Waals surface area (Å²) in [6.45, 7) is 3.99. The van der Waals surface area contributed by atoms with Gasteiger partial charge in [0.15, 0.2) is 17.2 Å². The van der Waals surface area contributed by atoms with Crippen LogP contribution < -0.4 is 19.9 Å². The highest BCUT2D eigenvalue weighted by Gasteiger charge is 2.58. The fourth-order valence-electron chi connectivity index (χ4n) is 6.22. The Morgan fingerprint density at radius 2 is 1.74 bits per heavy atom. The van der Waals surface area contributed by atoms with Gasteiger partial charge in [-0.1, -0.05) is 0 Å². The minimum absolute atomic E-state index is 0.0469. The molecule has 3 saturated heterocycles. The molecule has 2 aromatic rings. The zero-order valence-corrected chi connectivity index (χ0v) is 24.6. The van der Waals surface area contributed by atoms with E-state index in [0.717, 1.165) is 18.5 Å². The van der Waals surface area contributed by atoms with Crippen molar-refractivity contribution in [1.29, 1.82) is 5.41 Å². The van der Waals surface area contributed by atoms with Crippen LogP contribution in [0, 0.1) is 17.1 Å². The van der Waals surface area contributed by atoms with E-state index in [2.05, 4.69) is 5.32 Å². The Bertz CT molecular complexity index is 1360. The fraction of sp³-hybridized carbons (Fsp3) is 0.484. The average molecular weight is 596 g/mol. The maximum absolute atomic E-state index is 14.9. The van der Waals surface area contributed by atoms with Crippen molar-refractivity contribution in [2.24, 2.45) is 5.92 Å². The van der Waals surface area contributed by atoms with E-state index in [1.54, 1.807) is 22.8 Å². The van der Waals surface area contributed by atoms with E-state index in [0.29, 0.717) is 50.6 Å². The molecule has 2 N–H and O–H groups in total. The van der Waals surface area contributed by atoms with Crippen LogP contribution in [-0.2, 0) is 23.9 Å². The largest absolute Gasteiger partial charge is 0.494 e. The molecule has 11 nitrogen and oxygen atoms in total. The van der Waals surface area contributed by atoms with Gasteiger partial charge in [-0.05, 0) is 62.6 Å². The molecule has 3 aliphatic rings. The van der Waals surface area contributed by atoms with E-state index in [4.69, 9.17) is 19.6 Å². The van der Waals surface area contributed by atoms with Gasteiger partial charge in [0, 0.05) is 55.7 Å². The van der Waals surface area contributed by atoms with Crippen molar-refractivity contribution in [3.63, 3.8) is 0 Å². The first-order valence-corrected chi connectivity index (χ1v) is 14.7. The van der Waals surface area contributed by atoms with Crippen LogP contribution in [0.2, 0.25) is 0 Å². The van der Waals surface area contributed by atoms with Gasteiger partial charge in [0.25, 0.3) is 5.91 Å². The molecule has 3 heterocycles. The van der Waals surface area contributed by atoms with Crippen molar-refractivity contribution in [2.75, 3.05) is 68.2 Å². The lowest BCUT2D eigenvalue weighted by atomic mass is 9.78. The molecule has 0 aromatic heterocycles. The molecule has 3 fully saturated rings. The molecule has 3 aliphatic heterocycles. The Labute approximate surface area is 250 Å². The molecule has 230 valence electrons. The lowest BCUT2D eigenvalue weighted by Crippen LogP contribution is -2.74. The second-order valence-electron chi connectivity index (χ2n) is 10.8. The summed E-state index contributed by atoms with van der Waals surface area (Å²) < 4.78 is 30.7. The normalized spacial score (nSPS) is 23.2. The minimum atomic E-state index is -1.63. The van der Waals surface area contributed by atoms with E-state index in [1.165, 1.54) is 19.2 Å². The van der Waals surface area contributed by atoms with Crippen LogP contribution in [0.5, 0.6) is 5.75 Å². The van der Waals surface area contributed by atoms with Gasteiger partial charge in [-0.15, -0.1) is 0 Å². The number of nitrogens with one attached hydrogen (secondary N) is 2. The number of carbonyl (C=O) groups excluding carboxylic acids is 3. The van der Waals surface area contributed by atoms with Gasteiger partial charge >= 0.3 is 5.97 Å². The summed E-state index contributed by atoms with van der Waals surface area (Å²) >= 11 is 0. The molecule has 2 amide bonds. The average Bonchev–Trinajstić information content (AvgIpc) is 3.02. The summed E-state index contributed by atoms with van der Waals surface area (Å²) in [7, 11) is 1.37. The van der Waals surface area contributed by atoms with Crippen LogP contribution in [0.3, 0.4) is 0 Å². The van der Waals surface area contributed by atoms with Gasteiger partial charge in [0.1, 0.15) is 5.71 Å². The van der Waals surface area contributed by atoms with Crippen LogP contribution in [0.1, 0.15) is 32.6 Å². The number of rotatable bonds is 9. The molecule has 12 heteroatoms. The van der Waals surface area contributed by atoms with Crippen molar-refractivity contribution in [3.8, 4) is 5.75 Å². The zero-order valence-electron chi connectivity index (χ0n) is 24.6. The van der Waals surface area contributed by atoms with Gasteiger partial charge in [-0.2, -0.15) is 0 Å². The Morgan fingerprint density at radius 1 is 1.05 bits per heavy atom. The highest BCUT2D eigenvalue weighted by Crippen LogP contribution is 2.40. The second kappa shape index (κ2) is 13.1. The van der Waals surface area contributed by atoms with Crippen molar-refractivity contribution >= 4 is 40.6 Å². The van der Waals surface area contributed by atoms with Crippen LogP contribution >= 0.6 is 0 Å². The lowest BCUT2D eigenvalue weighted by molar-refractivity contribution is -0.139. The maximum atomic E-state index is 14.9. The molecule has 0 aliphatic carbocycles. The van der Waals surface area contributed by atoms with Gasteiger partial charge in [-0.25, -0.2) is 9.18 Å². The summed E-state index contributed by atoms with van der Waals surface area (Å²) in [4.78, 5) is 45.5. The highest BCUT2D eigenvalue weighted by atomic mass is 19.1. The molecular formula is C31H38FN5O6. The predicted octanol–water partition coefficient (Wildman–Crippen LogP) is 3.43. The van der Waals surface area contributed by atoms with E-state index in [1.807, 2.05) is 29.2 Å². The van der Waals surface area contributed by atoms with Crippen LogP contribution in [0.25, 0.3) is 0 Å². The topological polar surface area (TPSA) is 125 Å². The number of hydrogen-bond donors (Lipinski definition) is 2. The SMILES string of the molecule is CCOC(=O)C(=N)C1CCN(c2ccc(N3CCCCC3=O)cc2)C(=O)C1(Nc1ccc(OC)c(F)c1)N1CCOCC1. The summed E-state index contributed by atoms with van der Waals surface area (Å²) in [5.41, 5.74) is -0.290. The van der Waals surface area contributed by atoms with Gasteiger partial charge in [-0.3, -0.25) is 19.9 Å². The Hall–Kier alpha value is -4.03. The molecule has 2 atom stereocenters. The number of amides is 2. The van der Waals surface area contributed by atoms with Crippen molar-refractivity contribution in [2.45, 2.75) is 38.3 Å². The molecule has 0 spiro atoms. The number of piperidine rings is 2. The summed E-state index contributed by atoms with van der Waals surface area (Å²) in [6, 6.07) is 11.6. The quantitative estimate of drug-likeness (QED) is 0.334. The number of hydrogen-bond acceptors (Lipinski definition) is 9. The Kier molecular flexibility index (Phi) is 9.26. The smallest absolute Gasteiger partial charge is 0.352 e. The summed E-state index contributed by atoms with van der Waals surface area (Å²) in [5, 5.41) is 12.2. The molecule has 2 unspecified atom stereocenters. The minimum Gasteiger partial charge on any atom is -0.494 e. The molecule has 2 aromatic carbocycles. The van der Waals surface area contributed by atoms with Crippen molar-refractivity contribution < 1.29 is 33.0 Å². The van der Waals surface area contributed by atoms with Gasteiger partial charge in [0.2, 0.25) is 5.91 Å². The first-order valence-electron chi connectivity index (χ1n) is 14.7. The molecule has 43 heavy (non-hydrogen) atoms. The molecule has 5 rings (SSSR count). The van der Waals surface area contributed by atoms with Gasteiger partial charge < -0.3 is 29.3 Å². The van der Waals surface area contributed by atoms with Crippen LogP contribution in [0.15, 0.2) is 42.5 Å². The molecule has 0 bridgehead atoms. The number of halogens is 1. The first-order chi connectivity index (χ1) is 20.8. The van der Waals surface area contributed by atoms with Crippen molar-refractivity contribution in [3.05, 3.63) is 48.3 Å². The third-order valence-electron chi connectivity index (χ3n) is 8.35. The summed E-state index contributed by atoms with van der Waals surface area (Å²) in [6.07, 6.45) is 2.59. The van der Waals surface area contributed by atoms with E-state index >= 15 is 0 Å². The van der Waals surface area contributed by atoms with Crippen LogP contribution in [0.4, 0.5) is 21.5 Å². The second-order valence-corrected chi connectivity index (χ2v) is 10.8. The zero-order chi connectivity index (χ0) is 30.6. The number of nitrogens with zero attached hydrogens (tertiary/aromatic N) is 3. The van der Waals surface area contributed by atoms with Gasteiger partial charge in [0.05, 0.1) is 32.8 Å². The predicted molar refractivity (Wildman–Crippen MR) is 159 cm³/mol. The summed E-state index contributed by atoms with van der Waals surface area (Å²) in [5.74, 6) is -2.60. The first kappa shape index (κ1) is 30.4. The standard InChI is InChI=1S/C31H38FN5O6/c1-3-43-29(39)28(33)24-13-15-37(23-10-8-22(9-11-23)36-14-5-4-6-27(36)38)30(40)31(24,35-16-18-42-19-17-35)34-21-7-12-26(41-2)25(32)20-21/h7-12,20,24,33-34H,3-6,13-19H2,1-2H3. The fourth-order valence-corrected chi connectivity index (χ4v) is 6.22. The van der Waals surface area contributed by atoms with Crippen LogP contribution in [-0.4, -0.2) is 87.2 Å². The third-order valence-corrected chi connectivity index (χ3v) is 8.35. The molecule has 0 saturated carbocycles.